The Morgan fingerprint density at radius 2 is 2.00 bits per heavy atom. The van der Waals surface area contributed by atoms with E-state index < -0.39 is 11.4 Å². The van der Waals surface area contributed by atoms with Crippen LogP contribution in [0.3, 0.4) is 0 Å². The number of nitrogens with two attached hydrogens (primary N) is 1. The van der Waals surface area contributed by atoms with E-state index in [1.807, 2.05) is 0 Å². The number of halogens is 1. The largest absolute Gasteiger partial charge is 0.394 e. The Balaban J connectivity index is 2.70. The highest BCUT2D eigenvalue weighted by Crippen LogP contribution is 2.24. The van der Waals surface area contributed by atoms with Crippen LogP contribution in [-0.4, -0.2) is 10.2 Å². The monoisotopic (exact) mass is 205 g/mol. The zero-order valence-corrected chi connectivity index (χ0v) is 7.70. The van der Waals surface area contributed by atoms with Gasteiger partial charge in [-0.1, -0.05) is 18.2 Å². The molecule has 0 radical (unpaired) electrons. The maximum Gasteiger partial charge on any atom is 0.287 e. The fourth-order valence-electron chi connectivity index (χ4n) is 1.30. The summed E-state index contributed by atoms with van der Waals surface area (Å²) in [4.78, 5) is 11.2. The van der Waals surface area contributed by atoms with E-state index in [0.29, 0.717) is 5.56 Å². The molecule has 0 aliphatic rings. The molecule has 2 rings (SSSR count). The highest BCUT2D eigenvalue weighted by Gasteiger charge is 2.09. The summed E-state index contributed by atoms with van der Waals surface area (Å²) < 4.78 is 13.4. The number of benzene rings is 1. The number of nitrogen functional groups attached to an aromatic ring is 1. The second-order valence-corrected chi connectivity index (χ2v) is 3.01. The summed E-state index contributed by atoms with van der Waals surface area (Å²) in [5.41, 5.74) is 5.56. The van der Waals surface area contributed by atoms with Crippen LogP contribution in [0.1, 0.15) is 0 Å². The molecule has 0 unspecified atom stereocenters. The van der Waals surface area contributed by atoms with Crippen molar-refractivity contribution in [2.45, 2.75) is 0 Å². The van der Waals surface area contributed by atoms with Crippen LogP contribution in [0.5, 0.6) is 0 Å². The standard InChI is InChI=1S/C10H8FN3O/c11-8-4-2-1-3-6(8)7-5-13-14-10(15)9(7)12/h1-5H,(H2,12,13)(H,14,15). The number of nitrogens with one attached hydrogen (secondary N) is 1. The van der Waals surface area contributed by atoms with Gasteiger partial charge >= 0.3 is 0 Å². The molecule has 0 bridgehead atoms. The summed E-state index contributed by atoms with van der Waals surface area (Å²) >= 11 is 0. The second-order valence-electron chi connectivity index (χ2n) is 3.01. The molecule has 0 amide bonds. The van der Waals surface area contributed by atoms with Gasteiger partial charge in [0, 0.05) is 11.1 Å². The van der Waals surface area contributed by atoms with Gasteiger partial charge in [-0.05, 0) is 6.07 Å². The number of rotatable bonds is 1. The molecule has 0 saturated carbocycles. The molecule has 2 aromatic rings. The zero-order chi connectivity index (χ0) is 10.8. The number of aromatic nitrogens is 2. The van der Waals surface area contributed by atoms with Crippen molar-refractivity contribution in [3.63, 3.8) is 0 Å². The first-order valence-corrected chi connectivity index (χ1v) is 4.28. The van der Waals surface area contributed by atoms with E-state index in [4.69, 9.17) is 5.73 Å². The zero-order valence-electron chi connectivity index (χ0n) is 7.70. The SMILES string of the molecule is Nc1c(-c2ccccc2F)cn[nH]c1=O. The molecule has 1 aromatic carbocycles. The molecule has 1 heterocycles. The van der Waals surface area contributed by atoms with Gasteiger partial charge in [0.15, 0.2) is 0 Å². The smallest absolute Gasteiger partial charge is 0.287 e. The van der Waals surface area contributed by atoms with Gasteiger partial charge in [-0.2, -0.15) is 5.10 Å². The van der Waals surface area contributed by atoms with Crippen LogP contribution in [0.4, 0.5) is 10.1 Å². The van der Waals surface area contributed by atoms with Gasteiger partial charge in [-0.3, -0.25) is 4.79 Å². The molecule has 3 N–H and O–H groups in total. The lowest BCUT2D eigenvalue weighted by Crippen LogP contribution is -2.14. The summed E-state index contributed by atoms with van der Waals surface area (Å²) in [6, 6.07) is 6.08. The van der Waals surface area contributed by atoms with Crippen molar-refractivity contribution < 1.29 is 4.39 Å². The molecular formula is C10H8FN3O. The van der Waals surface area contributed by atoms with E-state index in [-0.39, 0.29) is 11.3 Å². The summed E-state index contributed by atoms with van der Waals surface area (Å²) in [7, 11) is 0. The molecule has 4 nitrogen and oxygen atoms in total. The summed E-state index contributed by atoms with van der Waals surface area (Å²) in [5, 5.41) is 5.75. The lowest BCUT2D eigenvalue weighted by Gasteiger charge is -2.04. The first kappa shape index (κ1) is 9.39. The van der Waals surface area contributed by atoms with E-state index in [1.54, 1.807) is 18.2 Å². The van der Waals surface area contributed by atoms with Crippen LogP contribution in [0.25, 0.3) is 11.1 Å². The average molecular weight is 205 g/mol. The molecule has 0 saturated heterocycles. The number of aromatic amines is 1. The van der Waals surface area contributed by atoms with Crippen LogP contribution in [0.15, 0.2) is 35.3 Å². The topological polar surface area (TPSA) is 71.8 Å². The Morgan fingerprint density at radius 1 is 1.27 bits per heavy atom. The maximum absolute atomic E-state index is 13.4. The minimum absolute atomic E-state index is 0.0323. The van der Waals surface area contributed by atoms with Crippen LogP contribution in [0.2, 0.25) is 0 Å². The maximum atomic E-state index is 13.4. The Morgan fingerprint density at radius 3 is 2.73 bits per heavy atom. The van der Waals surface area contributed by atoms with Gasteiger partial charge in [0.25, 0.3) is 5.56 Å². The summed E-state index contributed by atoms with van der Waals surface area (Å²) in [5.74, 6) is -0.434. The number of nitrogens with zero attached hydrogens (tertiary/aromatic N) is 1. The first-order chi connectivity index (χ1) is 7.20. The van der Waals surface area contributed by atoms with E-state index in [9.17, 15) is 9.18 Å². The van der Waals surface area contributed by atoms with Crippen molar-refractivity contribution in [1.82, 2.24) is 10.2 Å². The van der Waals surface area contributed by atoms with Crippen LogP contribution in [0, 0.1) is 5.82 Å². The molecule has 76 valence electrons. The molecule has 15 heavy (non-hydrogen) atoms. The third kappa shape index (κ3) is 1.59. The van der Waals surface area contributed by atoms with Crippen molar-refractivity contribution in [2.24, 2.45) is 0 Å². The Labute approximate surface area is 84.6 Å². The van der Waals surface area contributed by atoms with Gasteiger partial charge in [0.2, 0.25) is 0 Å². The molecule has 0 aliphatic carbocycles. The van der Waals surface area contributed by atoms with Gasteiger partial charge in [0.1, 0.15) is 11.5 Å². The minimum atomic E-state index is -0.518. The van der Waals surface area contributed by atoms with Crippen molar-refractivity contribution >= 4 is 5.69 Å². The lowest BCUT2D eigenvalue weighted by atomic mass is 10.1. The molecule has 1 aromatic heterocycles. The van der Waals surface area contributed by atoms with Gasteiger partial charge < -0.3 is 5.73 Å². The Hall–Kier alpha value is -2.17. The Bertz CT molecular complexity index is 550. The normalized spacial score (nSPS) is 10.2. The molecule has 0 fully saturated rings. The second kappa shape index (κ2) is 3.53. The fourth-order valence-corrected chi connectivity index (χ4v) is 1.30. The molecule has 5 heteroatoms. The number of hydrogen-bond donors (Lipinski definition) is 2. The number of hydrogen-bond acceptors (Lipinski definition) is 3. The van der Waals surface area contributed by atoms with Gasteiger partial charge in [0.05, 0.1) is 6.20 Å². The summed E-state index contributed by atoms with van der Waals surface area (Å²) in [6.07, 6.45) is 1.33. The van der Waals surface area contributed by atoms with Gasteiger partial charge in [-0.25, -0.2) is 9.49 Å². The van der Waals surface area contributed by atoms with Crippen molar-refractivity contribution in [3.8, 4) is 11.1 Å². The van der Waals surface area contributed by atoms with Crippen molar-refractivity contribution in [1.29, 1.82) is 0 Å². The van der Waals surface area contributed by atoms with Crippen LogP contribution >= 0.6 is 0 Å². The quantitative estimate of drug-likeness (QED) is 0.733. The highest BCUT2D eigenvalue weighted by atomic mass is 19.1. The molecule has 0 aliphatic heterocycles. The van der Waals surface area contributed by atoms with Gasteiger partial charge in [-0.15, -0.1) is 0 Å². The van der Waals surface area contributed by atoms with Crippen molar-refractivity contribution in [2.75, 3.05) is 5.73 Å². The molecule has 0 atom stereocenters. The number of H-pyrrole nitrogens is 1. The lowest BCUT2D eigenvalue weighted by molar-refractivity contribution is 0.631. The van der Waals surface area contributed by atoms with E-state index in [2.05, 4.69) is 10.2 Å². The fraction of sp³-hybridized carbons (Fsp3) is 0. The average Bonchev–Trinajstić information content (AvgIpc) is 2.23. The predicted octanol–water partition coefficient (Wildman–Crippen LogP) is 1.16. The highest BCUT2D eigenvalue weighted by molar-refractivity contribution is 5.74. The van der Waals surface area contributed by atoms with Crippen LogP contribution in [-0.2, 0) is 0 Å². The first-order valence-electron chi connectivity index (χ1n) is 4.28. The molecular weight excluding hydrogens is 197 g/mol. The van der Waals surface area contributed by atoms with Crippen molar-refractivity contribution in [3.05, 3.63) is 46.6 Å². The predicted molar refractivity (Wildman–Crippen MR) is 54.7 cm³/mol. The Kier molecular flexibility index (Phi) is 2.21. The van der Waals surface area contributed by atoms with Crippen LogP contribution < -0.4 is 11.3 Å². The third-order valence-electron chi connectivity index (χ3n) is 2.06. The van der Waals surface area contributed by atoms with E-state index in [1.165, 1.54) is 12.3 Å². The molecule has 0 spiro atoms. The summed E-state index contributed by atoms with van der Waals surface area (Å²) in [6.45, 7) is 0. The van der Waals surface area contributed by atoms with E-state index >= 15 is 0 Å². The third-order valence-corrected chi connectivity index (χ3v) is 2.06. The number of anilines is 1. The minimum Gasteiger partial charge on any atom is -0.394 e. The van der Waals surface area contributed by atoms with E-state index in [0.717, 1.165) is 0 Å².